The summed E-state index contributed by atoms with van der Waals surface area (Å²) in [6, 6.07) is 24.3. The molecule has 3 aromatic rings. The van der Waals surface area contributed by atoms with E-state index in [4.69, 9.17) is 14.2 Å². The number of fused-ring (bicyclic) bond motifs is 1. The van der Waals surface area contributed by atoms with Crippen LogP contribution in [-0.2, 0) is 20.8 Å². The number of unbranched alkanes of at least 4 members (excludes halogenated alkanes) is 1. The number of carboxylic acids is 1. The molecule has 0 aromatic heterocycles. The molecule has 2 heterocycles. The molecule has 7 heteroatoms. The minimum absolute atomic E-state index is 0.453. The second-order valence-corrected chi connectivity index (χ2v) is 12.7. The molecule has 0 radical (unpaired) electrons. The molecule has 1 atom stereocenters. The van der Waals surface area contributed by atoms with E-state index in [-0.39, 0.29) is 0 Å². The Bertz CT molecular complexity index is 1450. The smallest absolute Gasteiger partial charge is 0.331 e. The van der Waals surface area contributed by atoms with Crippen LogP contribution in [0.5, 0.6) is 5.75 Å². The van der Waals surface area contributed by atoms with Crippen molar-refractivity contribution < 1.29 is 24.1 Å². The summed E-state index contributed by atoms with van der Waals surface area (Å²) < 4.78 is 17.7. The zero-order chi connectivity index (χ0) is 32.4. The van der Waals surface area contributed by atoms with Crippen molar-refractivity contribution in [2.75, 3.05) is 53.2 Å². The second kappa shape index (κ2) is 16.4. The highest BCUT2D eigenvalue weighted by Crippen LogP contribution is 2.43. The Labute approximate surface area is 275 Å². The SMILES string of the molecule is CCCCOCCOc1ccc(-c2ccc3c(c2)C=C(C(=O)O)CC[N+]3(CCC)c2ccc(CN(C)C3CCOCC3)cc2)cc1. The summed E-state index contributed by atoms with van der Waals surface area (Å²) >= 11 is 0. The fourth-order valence-electron chi connectivity index (χ4n) is 6.85. The minimum Gasteiger partial charge on any atom is -0.491 e. The maximum atomic E-state index is 12.3. The topological polar surface area (TPSA) is 68.2 Å². The lowest BCUT2D eigenvalue weighted by Crippen LogP contribution is -2.46. The van der Waals surface area contributed by atoms with Crippen LogP contribution in [0.1, 0.15) is 63.5 Å². The second-order valence-electron chi connectivity index (χ2n) is 12.7. The number of ether oxygens (including phenoxy) is 3. The Hall–Kier alpha value is -3.49. The van der Waals surface area contributed by atoms with Crippen LogP contribution in [0.4, 0.5) is 11.4 Å². The summed E-state index contributed by atoms with van der Waals surface area (Å²) in [5.74, 6) is -0.0359. The lowest BCUT2D eigenvalue weighted by atomic mass is 9.99. The van der Waals surface area contributed by atoms with E-state index in [1.807, 2.05) is 18.2 Å². The van der Waals surface area contributed by atoms with E-state index in [1.165, 1.54) is 11.3 Å². The van der Waals surface area contributed by atoms with Crippen molar-refractivity contribution >= 4 is 23.4 Å². The standard InChI is InChI=1S/C39H50N2O5/c1-4-6-22-44-25-26-46-37-14-9-31(10-15-37)32-11-16-38-34(27-32)28-33(39(42)43)17-21-41(38,20-5-2)36-12-7-30(8-13-36)29-40(3)35-18-23-45-24-19-35/h7-16,27-28,35H,4-6,17-26,29H2,1-3H3/p+1. The molecular formula is C39H51N2O5+. The number of aliphatic carboxylic acids is 1. The molecule has 5 rings (SSSR count). The normalized spacial score (nSPS) is 18.6. The number of quaternary nitrogens is 1. The maximum absolute atomic E-state index is 12.3. The first-order chi connectivity index (χ1) is 22.4. The van der Waals surface area contributed by atoms with Gasteiger partial charge in [0.05, 0.1) is 19.7 Å². The van der Waals surface area contributed by atoms with E-state index in [1.54, 1.807) is 0 Å². The third-order valence-corrected chi connectivity index (χ3v) is 9.46. The fraction of sp³-hybridized carbons (Fsp3) is 0.462. The Morgan fingerprint density at radius 1 is 0.935 bits per heavy atom. The predicted octanol–water partition coefficient (Wildman–Crippen LogP) is 8.08. The van der Waals surface area contributed by atoms with E-state index < -0.39 is 5.97 Å². The van der Waals surface area contributed by atoms with Gasteiger partial charge in [-0.1, -0.05) is 44.5 Å². The highest BCUT2D eigenvalue weighted by Gasteiger charge is 2.37. The highest BCUT2D eigenvalue weighted by atomic mass is 16.5. The first kappa shape index (κ1) is 33.9. The van der Waals surface area contributed by atoms with Crippen molar-refractivity contribution in [3.8, 4) is 16.9 Å². The highest BCUT2D eigenvalue weighted by molar-refractivity contribution is 5.95. The molecule has 1 saturated heterocycles. The molecular weight excluding hydrogens is 576 g/mol. The summed E-state index contributed by atoms with van der Waals surface area (Å²) in [5, 5.41) is 10.1. The number of rotatable bonds is 15. The summed E-state index contributed by atoms with van der Waals surface area (Å²) in [6.07, 6.45) is 7.72. The summed E-state index contributed by atoms with van der Waals surface area (Å²) in [4.78, 5) is 14.8. The molecule has 1 unspecified atom stereocenters. The molecule has 0 aliphatic carbocycles. The zero-order valence-corrected chi connectivity index (χ0v) is 27.9. The van der Waals surface area contributed by atoms with Gasteiger partial charge in [-0.25, -0.2) is 4.79 Å². The van der Waals surface area contributed by atoms with E-state index in [2.05, 4.69) is 80.4 Å². The van der Waals surface area contributed by atoms with Crippen LogP contribution in [0.15, 0.2) is 72.3 Å². The molecule has 0 spiro atoms. The first-order valence-electron chi connectivity index (χ1n) is 17.1. The lowest BCUT2D eigenvalue weighted by Gasteiger charge is -2.38. The monoisotopic (exact) mass is 627 g/mol. The molecule has 246 valence electrons. The molecule has 1 fully saturated rings. The van der Waals surface area contributed by atoms with E-state index in [9.17, 15) is 9.90 Å². The van der Waals surface area contributed by atoms with Gasteiger partial charge >= 0.3 is 5.97 Å². The largest absolute Gasteiger partial charge is 0.491 e. The van der Waals surface area contributed by atoms with Crippen molar-refractivity contribution in [1.82, 2.24) is 9.38 Å². The average molecular weight is 628 g/mol. The van der Waals surface area contributed by atoms with Crippen molar-refractivity contribution in [3.05, 3.63) is 83.4 Å². The number of carboxylic acid groups (broad SMARTS) is 1. The number of carbonyl (C=O) groups is 1. The molecule has 7 nitrogen and oxygen atoms in total. The van der Waals surface area contributed by atoms with Crippen LogP contribution >= 0.6 is 0 Å². The molecule has 2 aliphatic heterocycles. The number of benzene rings is 3. The lowest BCUT2D eigenvalue weighted by molar-refractivity contribution is -0.132. The molecule has 3 aromatic carbocycles. The summed E-state index contributed by atoms with van der Waals surface area (Å²) in [5.41, 5.74) is 7.18. The molecule has 0 bridgehead atoms. The number of hydrogen-bond acceptors (Lipinski definition) is 5. The van der Waals surface area contributed by atoms with Gasteiger partial charge in [0.1, 0.15) is 23.7 Å². The van der Waals surface area contributed by atoms with Crippen LogP contribution < -0.4 is 9.22 Å². The van der Waals surface area contributed by atoms with Gasteiger partial charge in [-0.15, -0.1) is 0 Å². The molecule has 0 saturated carbocycles. The van der Waals surface area contributed by atoms with Crippen molar-refractivity contribution in [2.24, 2.45) is 0 Å². The van der Waals surface area contributed by atoms with E-state index in [0.29, 0.717) is 42.3 Å². The molecule has 0 amide bonds. The van der Waals surface area contributed by atoms with Crippen LogP contribution in [0.25, 0.3) is 17.2 Å². The maximum Gasteiger partial charge on any atom is 0.331 e. The quantitative estimate of drug-likeness (QED) is 0.136. The van der Waals surface area contributed by atoms with Crippen LogP contribution in [-0.4, -0.2) is 75.2 Å². The number of nitrogens with zero attached hydrogens (tertiary/aromatic N) is 2. The van der Waals surface area contributed by atoms with Gasteiger partial charge in [-0.05, 0) is 91.9 Å². The predicted molar refractivity (Wildman–Crippen MR) is 187 cm³/mol. The first-order valence-corrected chi connectivity index (χ1v) is 17.1. The van der Waals surface area contributed by atoms with Crippen LogP contribution in [0.2, 0.25) is 0 Å². The summed E-state index contributed by atoms with van der Waals surface area (Å²) in [7, 11) is 2.21. The molecule has 2 aliphatic rings. The van der Waals surface area contributed by atoms with Crippen LogP contribution in [0, 0.1) is 0 Å². The Morgan fingerprint density at radius 3 is 2.37 bits per heavy atom. The average Bonchev–Trinajstić information content (AvgIpc) is 3.25. The van der Waals surface area contributed by atoms with Gasteiger partial charge < -0.3 is 19.3 Å². The zero-order valence-electron chi connectivity index (χ0n) is 27.9. The van der Waals surface area contributed by atoms with Crippen molar-refractivity contribution in [2.45, 2.75) is 65.0 Å². The number of hydrogen-bond donors (Lipinski definition) is 1. The third kappa shape index (κ3) is 8.26. The fourth-order valence-corrected chi connectivity index (χ4v) is 6.85. The van der Waals surface area contributed by atoms with Gasteiger partial charge in [0, 0.05) is 56.0 Å². The third-order valence-electron chi connectivity index (χ3n) is 9.46. The molecule has 46 heavy (non-hydrogen) atoms. The van der Waals surface area contributed by atoms with Gasteiger partial charge in [-0.2, -0.15) is 0 Å². The minimum atomic E-state index is -0.848. The van der Waals surface area contributed by atoms with Gasteiger partial charge in [0.15, 0.2) is 0 Å². The summed E-state index contributed by atoms with van der Waals surface area (Å²) in [6.45, 7) is 10.4. The Balaban J connectivity index is 1.39. The van der Waals surface area contributed by atoms with E-state index in [0.717, 1.165) is 93.1 Å². The van der Waals surface area contributed by atoms with E-state index >= 15 is 0 Å². The van der Waals surface area contributed by atoms with Crippen molar-refractivity contribution in [3.63, 3.8) is 0 Å². The molecule has 1 N–H and O–H groups in total. The van der Waals surface area contributed by atoms with Crippen molar-refractivity contribution in [1.29, 1.82) is 0 Å². The van der Waals surface area contributed by atoms with Gasteiger partial charge in [0.25, 0.3) is 0 Å². The van der Waals surface area contributed by atoms with Gasteiger partial charge in [0.2, 0.25) is 0 Å². The van der Waals surface area contributed by atoms with Gasteiger partial charge in [-0.3, -0.25) is 9.38 Å². The Morgan fingerprint density at radius 2 is 1.67 bits per heavy atom. The van der Waals surface area contributed by atoms with Crippen LogP contribution in [0.3, 0.4) is 0 Å². The Kier molecular flexibility index (Phi) is 12.0.